The molecule has 0 bridgehead atoms. The maximum absolute atomic E-state index is 12.4. The summed E-state index contributed by atoms with van der Waals surface area (Å²) in [5.41, 5.74) is 4.57. The fraction of sp³-hybridized carbons (Fsp3) is 0.500. The van der Waals surface area contributed by atoms with Gasteiger partial charge in [-0.15, -0.1) is 0 Å². The van der Waals surface area contributed by atoms with Gasteiger partial charge in [0, 0.05) is 18.7 Å². The molecular weight excluding hydrogens is 275 g/mol. The highest BCUT2D eigenvalue weighted by atomic mass is 19.4. The first-order chi connectivity index (χ1) is 9.34. The minimum absolute atomic E-state index is 0.0977. The second kappa shape index (κ2) is 5.56. The van der Waals surface area contributed by atoms with Crippen LogP contribution in [0.15, 0.2) is 23.3 Å². The molecule has 20 heavy (non-hydrogen) atoms. The first-order valence-corrected chi connectivity index (χ1v) is 6.00. The number of amidine groups is 1. The van der Waals surface area contributed by atoms with Crippen molar-refractivity contribution in [2.24, 2.45) is 10.7 Å². The SMILES string of the molecule is CC(CC1COC(N)=N1)Oc1ccc(C(F)(F)F)cn1. The van der Waals surface area contributed by atoms with Gasteiger partial charge in [-0.1, -0.05) is 0 Å². The van der Waals surface area contributed by atoms with E-state index in [1.807, 2.05) is 0 Å². The molecule has 0 amide bonds. The van der Waals surface area contributed by atoms with E-state index >= 15 is 0 Å². The normalized spacial score (nSPS) is 20.2. The molecule has 0 radical (unpaired) electrons. The zero-order valence-corrected chi connectivity index (χ0v) is 10.7. The molecule has 0 saturated carbocycles. The molecule has 0 saturated heterocycles. The second-order valence-electron chi connectivity index (χ2n) is 4.48. The predicted molar refractivity (Wildman–Crippen MR) is 65.3 cm³/mol. The van der Waals surface area contributed by atoms with Crippen molar-refractivity contribution in [3.63, 3.8) is 0 Å². The van der Waals surface area contributed by atoms with E-state index in [0.717, 1.165) is 12.3 Å². The van der Waals surface area contributed by atoms with Crippen molar-refractivity contribution in [1.29, 1.82) is 0 Å². The average Bonchev–Trinajstić information content (AvgIpc) is 2.74. The van der Waals surface area contributed by atoms with Gasteiger partial charge in [0.25, 0.3) is 6.02 Å². The molecule has 1 aliphatic heterocycles. The van der Waals surface area contributed by atoms with E-state index in [1.54, 1.807) is 6.92 Å². The molecule has 110 valence electrons. The van der Waals surface area contributed by atoms with Crippen molar-refractivity contribution in [2.75, 3.05) is 6.61 Å². The highest BCUT2D eigenvalue weighted by molar-refractivity contribution is 5.72. The van der Waals surface area contributed by atoms with E-state index in [-0.39, 0.29) is 24.0 Å². The van der Waals surface area contributed by atoms with E-state index in [2.05, 4.69) is 9.98 Å². The van der Waals surface area contributed by atoms with Crippen LogP contribution in [0.4, 0.5) is 13.2 Å². The number of nitrogens with zero attached hydrogens (tertiary/aromatic N) is 2. The molecule has 2 unspecified atom stereocenters. The smallest absolute Gasteiger partial charge is 0.417 e. The predicted octanol–water partition coefficient (Wildman–Crippen LogP) is 1.97. The summed E-state index contributed by atoms with van der Waals surface area (Å²) in [5.74, 6) is 0.140. The zero-order valence-electron chi connectivity index (χ0n) is 10.7. The summed E-state index contributed by atoms with van der Waals surface area (Å²) < 4.78 is 47.5. The van der Waals surface area contributed by atoms with Gasteiger partial charge >= 0.3 is 6.18 Å². The van der Waals surface area contributed by atoms with Crippen LogP contribution in [0, 0.1) is 0 Å². The molecule has 0 fully saturated rings. The summed E-state index contributed by atoms with van der Waals surface area (Å²) in [5, 5.41) is 0. The van der Waals surface area contributed by atoms with Gasteiger partial charge in [0.15, 0.2) is 0 Å². The van der Waals surface area contributed by atoms with Gasteiger partial charge in [-0.2, -0.15) is 13.2 Å². The van der Waals surface area contributed by atoms with Crippen molar-refractivity contribution in [3.05, 3.63) is 23.9 Å². The van der Waals surface area contributed by atoms with Gasteiger partial charge in [0.2, 0.25) is 5.88 Å². The Balaban J connectivity index is 1.90. The molecule has 1 aliphatic rings. The third kappa shape index (κ3) is 3.75. The van der Waals surface area contributed by atoms with Crippen molar-refractivity contribution >= 4 is 6.02 Å². The number of aliphatic imine (C=N–C) groups is 1. The summed E-state index contributed by atoms with van der Waals surface area (Å²) in [7, 11) is 0. The van der Waals surface area contributed by atoms with Gasteiger partial charge in [0.1, 0.15) is 6.61 Å². The van der Waals surface area contributed by atoms with Crippen molar-refractivity contribution in [3.8, 4) is 5.88 Å². The molecule has 2 heterocycles. The molecule has 2 atom stereocenters. The van der Waals surface area contributed by atoms with Crippen molar-refractivity contribution in [1.82, 2.24) is 4.98 Å². The molecule has 2 rings (SSSR count). The lowest BCUT2D eigenvalue weighted by Gasteiger charge is -2.15. The maximum atomic E-state index is 12.4. The van der Waals surface area contributed by atoms with E-state index in [9.17, 15) is 13.2 Å². The average molecular weight is 289 g/mol. The van der Waals surface area contributed by atoms with E-state index in [0.29, 0.717) is 13.0 Å². The highest BCUT2D eigenvalue weighted by Gasteiger charge is 2.30. The van der Waals surface area contributed by atoms with Crippen LogP contribution in [0.3, 0.4) is 0 Å². The number of aromatic nitrogens is 1. The Morgan fingerprint density at radius 1 is 1.50 bits per heavy atom. The third-order valence-corrected chi connectivity index (χ3v) is 2.72. The number of hydrogen-bond acceptors (Lipinski definition) is 5. The number of ether oxygens (including phenoxy) is 2. The molecule has 1 aromatic rings. The highest BCUT2D eigenvalue weighted by Crippen LogP contribution is 2.29. The minimum atomic E-state index is -4.40. The summed E-state index contributed by atoms with van der Waals surface area (Å²) >= 11 is 0. The van der Waals surface area contributed by atoms with E-state index in [1.165, 1.54) is 6.07 Å². The second-order valence-corrected chi connectivity index (χ2v) is 4.48. The number of pyridine rings is 1. The maximum Gasteiger partial charge on any atom is 0.417 e. The molecule has 5 nitrogen and oxygen atoms in total. The number of rotatable bonds is 4. The number of hydrogen-bond donors (Lipinski definition) is 1. The van der Waals surface area contributed by atoms with E-state index in [4.69, 9.17) is 15.2 Å². The minimum Gasteiger partial charge on any atom is -0.475 e. The summed E-state index contributed by atoms with van der Waals surface area (Å²) in [6.45, 7) is 2.17. The van der Waals surface area contributed by atoms with Crippen LogP contribution in [0.25, 0.3) is 0 Å². The number of nitrogens with two attached hydrogens (primary N) is 1. The Morgan fingerprint density at radius 3 is 2.75 bits per heavy atom. The Kier molecular flexibility index (Phi) is 4.01. The number of alkyl halides is 3. The lowest BCUT2D eigenvalue weighted by Crippen LogP contribution is -2.20. The van der Waals surface area contributed by atoms with Crippen molar-refractivity contribution < 1.29 is 22.6 Å². The van der Waals surface area contributed by atoms with Gasteiger partial charge in [-0.3, -0.25) is 0 Å². The van der Waals surface area contributed by atoms with Crippen LogP contribution < -0.4 is 10.5 Å². The quantitative estimate of drug-likeness (QED) is 0.920. The third-order valence-electron chi connectivity index (χ3n) is 2.72. The fourth-order valence-corrected chi connectivity index (χ4v) is 1.81. The Bertz CT molecular complexity index is 488. The van der Waals surface area contributed by atoms with Gasteiger partial charge < -0.3 is 15.2 Å². The largest absolute Gasteiger partial charge is 0.475 e. The van der Waals surface area contributed by atoms with Gasteiger partial charge in [-0.25, -0.2) is 9.98 Å². The Morgan fingerprint density at radius 2 is 2.25 bits per heavy atom. The summed E-state index contributed by atoms with van der Waals surface area (Å²) in [6, 6.07) is 2.18. The summed E-state index contributed by atoms with van der Waals surface area (Å²) in [6.07, 6.45) is -3.37. The Hall–Kier alpha value is -1.99. The standard InChI is InChI=1S/C12H14F3N3O2/c1-7(4-9-6-19-11(16)18-9)20-10-3-2-8(5-17-10)12(13,14)15/h2-3,5,7,9H,4,6H2,1H3,(H2,16,18). The molecule has 2 N–H and O–H groups in total. The summed E-state index contributed by atoms with van der Waals surface area (Å²) in [4.78, 5) is 7.68. The van der Waals surface area contributed by atoms with Crippen LogP contribution in [0.2, 0.25) is 0 Å². The van der Waals surface area contributed by atoms with Crippen LogP contribution >= 0.6 is 0 Å². The monoisotopic (exact) mass is 289 g/mol. The topological polar surface area (TPSA) is 69.7 Å². The molecule has 0 spiro atoms. The lowest BCUT2D eigenvalue weighted by atomic mass is 10.1. The van der Waals surface area contributed by atoms with Crippen LogP contribution in [0.1, 0.15) is 18.9 Å². The van der Waals surface area contributed by atoms with Crippen molar-refractivity contribution in [2.45, 2.75) is 31.7 Å². The first kappa shape index (κ1) is 14.4. The molecular formula is C12H14F3N3O2. The van der Waals surface area contributed by atoms with Crippen LogP contribution in [0.5, 0.6) is 5.88 Å². The van der Waals surface area contributed by atoms with E-state index < -0.39 is 11.7 Å². The molecule has 1 aromatic heterocycles. The van der Waals surface area contributed by atoms with Gasteiger partial charge in [0.05, 0.1) is 17.7 Å². The Labute approximate surface area is 113 Å². The van der Waals surface area contributed by atoms with Crippen LogP contribution in [-0.2, 0) is 10.9 Å². The van der Waals surface area contributed by atoms with Crippen LogP contribution in [-0.4, -0.2) is 29.8 Å². The molecule has 0 aromatic carbocycles. The first-order valence-electron chi connectivity index (χ1n) is 6.00. The molecule has 0 aliphatic carbocycles. The number of halogens is 3. The fourth-order valence-electron chi connectivity index (χ4n) is 1.81. The lowest BCUT2D eigenvalue weighted by molar-refractivity contribution is -0.137. The molecule has 8 heteroatoms. The zero-order chi connectivity index (χ0) is 14.8. The van der Waals surface area contributed by atoms with Gasteiger partial charge in [-0.05, 0) is 13.0 Å².